The lowest BCUT2D eigenvalue weighted by atomic mass is 10.0. The van der Waals surface area contributed by atoms with Crippen LogP contribution in [0.15, 0.2) is 24.5 Å². The topological polar surface area (TPSA) is 26.3 Å². The molecule has 0 aliphatic rings. The number of carbonyl (C=O) groups is 1. The Morgan fingerprint density at radius 3 is 1.11 bits per heavy atom. The third-order valence-electron chi connectivity index (χ3n) is 7.23. The third kappa shape index (κ3) is 31.0. The predicted molar refractivity (Wildman–Crippen MR) is 160 cm³/mol. The van der Waals surface area contributed by atoms with Gasteiger partial charge in [0.15, 0.2) is 0 Å². The summed E-state index contributed by atoms with van der Waals surface area (Å²) in [6, 6.07) is 0. The van der Waals surface area contributed by atoms with Crippen LogP contribution in [0.2, 0.25) is 0 Å². The number of rotatable bonds is 29. The summed E-state index contributed by atoms with van der Waals surface area (Å²) >= 11 is 0. The van der Waals surface area contributed by atoms with Crippen LogP contribution in [-0.4, -0.2) is 5.97 Å². The van der Waals surface area contributed by atoms with Gasteiger partial charge in [-0.05, 0) is 31.8 Å². The summed E-state index contributed by atoms with van der Waals surface area (Å²) in [5.74, 6) is -0.240. The molecule has 2 heteroatoms. The molecule has 0 bridgehead atoms. The van der Waals surface area contributed by atoms with Crippen molar-refractivity contribution in [2.45, 2.75) is 187 Å². The van der Waals surface area contributed by atoms with Crippen LogP contribution >= 0.6 is 0 Å². The Kier molecular flexibility index (Phi) is 31.0. The average Bonchev–Trinajstić information content (AvgIpc) is 2.88. The fourth-order valence-corrected chi connectivity index (χ4v) is 4.79. The van der Waals surface area contributed by atoms with Gasteiger partial charge in [0.05, 0.1) is 6.26 Å². The first-order valence-electron chi connectivity index (χ1n) is 16.3. The Balaban J connectivity index is 3.29. The number of esters is 1. The molecule has 0 radical (unpaired) electrons. The highest BCUT2D eigenvalue weighted by Crippen LogP contribution is 2.14. The number of unbranched alkanes of at least 4 members (excludes halogenated alkanes) is 25. The molecular weight excluding hydrogens is 440 g/mol. The van der Waals surface area contributed by atoms with E-state index < -0.39 is 0 Å². The molecule has 0 atom stereocenters. The standard InChI is InChI=1S/C34H64O2/c1-3-5-7-9-11-13-15-17-19-20-22-24-26-28-30-32-34(35)36-33-31-29-27-25-23-21-18-16-14-12-10-8-6-4-2/h30-33H,3-29H2,1-2H3/b32-30+,33-31+. The van der Waals surface area contributed by atoms with Gasteiger partial charge in [-0.1, -0.05) is 168 Å². The predicted octanol–water partition coefficient (Wildman–Crippen LogP) is 12.2. The van der Waals surface area contributed by atoms with Crippen molar-refractivity contribution in [3.8, 4) is 0 Å². The first kappa shape index (κ1) is 35.0. The van der Waals surface area contributed by atoms with Gasteiger partial charge in [0.2, 0.25) is 0 Å². The molecule has 0 aliphatic carbocycles. The molecule has 0 saturated carbocycles. The number of hydrogen-bond donors (Lipinski definition) is 0. The van der Waals surface area contributed by atoms with E-state index in [2.05, 4.69) is 13.8 Å². The minimum Gasteiger partial charge on any atom is -0.432 e. The summed E-state index contributed by atoms with van der Waals surface area (Å²) in [5.41, 5.74) is 0. The Morgan fingerprint density at radius 2 is 0.750 bits per heavy atom. The smallest absolute Gasteiger partial charge is 0.335 e. The summed E-state index contributed by atoms with van der Waals surface area (Å²) in [6.45, 7) is 4.56. The van der Waals surface area contributed by atoms with Gasteiger partial charge in [-0.3, -0.25) is 0 Å². The molecule has 0 aliphatic heterocycles. The fourth-order valence-electron chi connectivity index (χ4n) is 4.79. The molecule has 0 aromatic heterocycles. The fraction of sp³-hybridized carbons (Fsp3) is 0.853. The molecule has 0 spiro atoms. The van der Waals surface area contributed by atoms with E-state index in [9.17, 15) is 4.79 Å². The van der Waals surface area contributed by atoms with Crippen molar-refractivity contribution in [1.29, 1.82) is 0 Å². The maximum atomic E-state index is 11.8. The van der Waals surface area contributed by atoms with Crippen LogP contribution in [0, 0.1) is 0 Å². The zero-order valence-corrected chi connectivity index (χ0v) is 24.7. The van der Waals surface area contributed by atoms with Gasteiger partial charge in [0, 0.05) is 6.08 Å². The minimum atomic E-state index is -0.240. The lowest BCUT2D eigenvalue weighted by Gasteiger charge is -2.02. The first-order chi connectivity index (χ1) is 17.8. The Bertz CT molecular complexity index is 480. The van der Waals surface area contributed by atoms with E-state index in [1.807, 2.05) is 12.2 Å². The number of ether oxygens (including phenoxy) is 1. The summed E-state index contributed by atoms with van der Waals surface area (Å²) in [5, 5.41) is 0. The Labute approximate surface area is 227 Å². The number of hydrogen-bond acceptors (Lipinski definition) is 2. The molecule has 0 rings (SSSR count). The highest BCUT2D eigenvalue weighted by atomic mass is 16.5. The monoisotopic (exact) mass is 504 g/mol. The highest BCUT2D eigenvalue weighted by Gasteiger charge is 1.96. The van der Waals surface area contributed by atoms with Crippen molar-refractivity contribution < 1.29 is 9.53 Å². The molecule has 0 aromatic rings. The Hall–Kier alpha value is -1.05. The summed E-state index contributed by atoms with van der Waals surface area (Å²) < 4.78 is 5.16. The van der Waals surface area contributed by atoms with Crippen LogP contribution in [0.4, 0.5) is 0 Å². The van der Waals surface area contributed by atoms with Crippen LogP contribution in [0.3, 0.4) is 0 Å². The van der Waals surface area contributed by atoms with Crippen molar-refractivity contribution in [2.24, 2.45) is 0 Å². The van der Waals surface area contributed by atoms with E-state index in [-0.39, 0.29) is 5.97 Å². The lowest BCUT2D eigenvalue weighted by molar-refractivity contribution is -0.132. The van der Waals surface area contributed by atoms with Gasteiger partial charge in [-0.2, -0.15) is 0 Å². The minimum absolute atomic E-state index is 0.240. The van der Waals surface area contributed by atoms with E-state index in [0.29, 0.717) is 0 Å². The van der Waals surface area contributed by atoms with Gasteiger partial charge in [-0.15, -0.1) is 0 Å². The van der Waals surface area contributed by atoms with Crippen LogP contribution in [0.25, 0.3) is 0 Å². The second kappa shape index (κ2) is 32.0. The normalized spacial score (nSPS) is 11.7. The summed E-state index contributed by atoms with van der Waals surface area (Å²) in [7, 11) is 0. The lowest BCUT2D eigenvalue weighted by Crippen LogP contribution is -1.93. The van der Waals surface area contributed by atoms with Crippen LogP contribution in [0.1, 0.15) is 187 Å². The van der Waals surface area contributed by atoms with Gasteiger partial charge < -0.3 is 4.74 Å². The molecule has 2 nitrogen and oxygen atoms in total. The average molecular weight is 505 g/mol. The molecule has 0 fully saturated rings. The second-order valence-corrected chi connectivity index (χ2v) is 10.9. The molecule has 36 heavy (non-hydrogen) atoms. The zero-order valence-electron chi connectivity index (χ0n) is 24.7. The van der Waals surface area contributed by atoms with E-state index in [0.717, 1.165) is 12.8 Å². The SMILES string of the molecule is CCCCCCCCCCCCCC/C=C/OC(=O)/C=C/CCCCCCCCCCCCCCC. The Morgan fingerprint density at radius 1 is 0.444 bits per heavy atom. The van der Waals surface area contributed by atoms with Crippen molar-refractivity contribution >= 4 is 5.97 Å². The van der Waals surface area contributed by atoms with E-state index in [1.54, 1.807) is 12.3 Å². The molecule has 0 heterocycles. The largest absolute Gasteiger partial charge is 0.432 e. The highest BCUT2D eigenvalue weighted by molar-refractivity contribution is 5.82. The molecule has 0 amide bonds. The van der Waals surface area contributed by atoms with Gasteiger partial charge in [0.1, 0.15) is 0 Å². The zero-order chi connectivity index (χ0) is 26.2. The van der Waals surface area contributed by atoms with Crippen molar-refractivity contribution in [3.63, 3.8) is 0 Å². The quantitative estimate of drug-likeness (QED) is 0.0438. The van der Waals surface area contributed by atoms with Crippen molar-refractivity contribution in [2.75, 3.05) is 0 Å². The van der Waals surface area contributed by atoms with Crippen molar-refractivity contribution in [1.82, 2.24) is 0 Å². The first-order valence-corrected chi connectivity index (χ1v) is 16.3. The van der Waals surface area contributed by atoms with Gasteiger partial charge in [-0.25, -0.2) is 4.79 Å². The molecule has 0 unspecified atom stereocenters. The third-order valence-corrected chi connectivity index (χ3v) is 7.23. The van der Waals surface area contributed by atoms with Crippen LogP contribution in [0.5, 0.6) is 0 Å². The van der Waals surface area contributed by atoms with Crippen molar-refractivity contribution in [3.05, 3.63) is 24.5 Å². The molecule has 212 valence electrons. The van der Waals surface area contributed by atoms with Crippen LogP contribution in [-0.2, 0) is 9.53 Å². The maximum Gasteiger partial charge on any atom is 0.335 e. The number of allylic oxidation sites excluding steroid dienone is 2. The molecular formula is C34H64O2. The summed E-state index contributed by atoms with van der Waals surface area (Å²) in [4.78, 5) is 11.8. The van der Waals surface area contributed by atoms with Gasteiger partial charge in [0.25, 0.3) is 0 Å². The number of carbonyl (C=O) groups excluding carboxylic acids is 1. The van der Waals surface area contributed by atoms with Gasteiger partial charge >= 0.3 is 5.97 Å². The van der Waals surface area contributed by atoms with E-state index in [4.69, 9.17) is 4.74 Å². The van der Waals surface area contributed by atoms with Crippen LogP contribution < -0.4 is 0 Å². The maximum absolute atomic E-state index is 11.8. The van der Waals surface area contributed by atoms with E-state index in [1.165, 1.54) is 161 Å². The molecule has 0 N–H and O–H groups in total. The molecule has 0 saturated heterocycles. The molecule has 0 aromatic carbocycles. The second-order valence-electron chi connectivity index (χ2n) is 10.9. The summed E-state index contributed by atoms with van der Waals surface area (Å²) in [6.07, 6.45) is 43.4. The van der Waals surface area contributed by atoms with E-state index >= 15 is 0 Å².